The van der Waals surface area contributed by atoms with Gasteiger partial charge in [-0.3, -0.25) is 0 Å². The first-order valence-electron chi connectivity index (χ1n) is 4.56. The largest absolute Gasteiger partial charge is 0.251 e. The van der Waals surface area contributed by atoms with Crippen LogP contribution in [0.1, 0.15) is 7.43 Å². The Morgan fingerprint density at radius 3 is 0.769 bits per heavy atom. The summed E-state index contributed by atoms with van der Waals surface area (Å²) in [7, 11) is 0. The highest BCUT2D eigenvalue weighted by Gasteiger charge is 1.81. The fraction of sp³-hybridized carbons (Fsp3) is 0.889. The molecule has 0 nitrogen and oxygen atoms in total. The summed E-state index contributed by atoms with van der Waals surface area (Å²) in [6, 6.07) is 0. The summed E-state index contributed by atoms with van der Waals surface area (Å²) in [6.07, 6.45) is 0. The van der Waals surface area contributed by atoms with E-state index in [0.29, 0.717) is 30.4 Å². The Labute approximate surface area is 116 Å². The molecule has 0 unspecified atom stereocenters. The van der Waals surface area contributed by atoms with E-state index < -0.39 is 0 Å². The number of hydrogen-bond donors (Lipinski definition) is 0. The molecule has 0 spiro atoms. The summed E-state index contributed by atoms with van der Waals surface area (Å²) in [5.41, 5.74) is 0. The fourth-order valence-electron chi connectivity index (χ4n) is 0. The van der Waals surface area contributed by atoms with Crippen LogP contribution in [0.15, 0.2) is 0 Å². The second-order valence-corrected chi connectivity index (χ2v) is 9.44. The van der Waals surface area contributed by atoms with E-state index in [1.54, 1.807) is 0 Å². The Balaban J connectivity index is -0.0000000128. The van der Waals surface area contributed by atoms with Crippen LogP contribution in [0, 0.1) is 7.43 Å². The molecule has 0 saturated heterocycles. The van der Waals surface area contributed by atoms with E-state index in [1.807, 2.05) is 0 Å². The maximum Gasteiger partial charge on any atom is 0.251 e. The second-order valence-electron chi connectivity index (χ2n) is 3.15. The monoisotopic (exact) mass is 249 g/mol. The summed E-state index contributed by atoms with van der Waals surface area (Å²) >= 11 is 0.694. The minimum Gasteiger partial charge on any atom is -0.109 e. The van der Waals surface area contributed by atoms with E-state index in [-0.39, 0.29) is 46.4 Å². The first-order valence-corrected chi connectivity index (χ1v) is 13.7. The van der Waals surface area contributed by atoms with Gasteiger partial charge in [0.2, 0.25) is 30.4 Å². The van der Waals surface area contributed by atoms with Crippen molar-refractivity contribution in [3.05, 3.63) is 7.43 Å². The fourth-order valence-corrected chi connectivity index (χ4v) is 0. The minimum absolute atomic E-state index is 0. The summed E-state index contributed by atoms with van der Waals surface area (Å²) in [4.78, 5) is 0. The molecule has 4 heteroatoms. The highest BCUT2D eigenvalue weighted by molar-refractivity contribution is 6.54. The van der Waals surface area contributed by atoms with Crippen LogP contribution in [-0.4, -0.2) is 61.9 Å². The molecule has 0 N–H and O–H groups in total. The average Bonchev–Trinajstić information content (AvgIpc) is 1.65. The van der Waals surface area contributed by atoms with E-state index in [9.17, 15) is 0 Å². The third-order valence-electron chi connectivity index (χ3n) is 0. The topological polar surface area (TPSA) is 0 Å². The zero-order valence-electron chi connectivity index (χ0n) is 9.99. The molecule has 0 aliphatic carbocycles. The molecule has 0 aromatic carbocycles. The van der Waals surface area contributed by atoms with Gasteiger partial charge >= 0.3 is 0 Å². The molecule has 0 fully saturated rings. The van der Waals surface area contributed by atoms with Crippen LogP contribution in [0.2, 0.25) is 40.5 Å². The van der Waals surface area contributed by atoms with Crippen LogP contribution >= 0.6 is 0 Å². The van der Waals surface area contributed by atoms with Gasteiger partial charge in [0.25, 0.3) is 14.1 Å². The Hall–Kier alpha value is 2.00. The molecule has 0 aromatic heterocycles. The van der Waals surface area contributed by atoms with Crippen LogP contribution in [-0.2, 0) is 0 Å². The van der Waals surface area contributed by atoms with Crippen molar-refractivity contribution in [2.45, 2.75) is 47.9 Å². The van der Waals surface area contributed by atoms with Gasteiger partial charge in [-0.25, -0.2) is 0 Å². The van der Waals surface area contributed by atoms with E-state index in [4.69, 9.17) is 0 Å². The molecular formula is C9H33Al4+. The van der Waals surface area contributed by atoms with Crippen molar-refractivity contribution in [2.75, 3.05) is 0 Å². The van der Waals surface area contributed by atoms with Crippen LogP contribution < -0.4 is 0 Å². The summed E-state index contributed by atoms with van der Waals surface area (Å²) in [5.74, 6) is 16.0. The van der Waals surface area contributed by atoms with Crippen LogP contribution in [0.5, 0.6) is 0 Å². The minimum atomic E-state index is -0.139. The Bertz CT molecular complexity index is 28.0. The molecule has 80 valence electrons. The van der Waals surface area contributed by atoms with Crippen molar-refractivity contribution >= 4 is 61.9 Å². The van der Waals surface area contributed by atoms with Gasteiger partial charge in [-0.1, -0.05) is 7.43 Å². The summed E-state index contributed by atoms with van der Waals surface area (Å²) in [6.45, 7) is 0. The first-order chi connectivity index (χ1) is 4.56. The van der Waals surface area contributed by atoms with Gasteiger partial charge in [0.05, 0.1) is 0 Å². The quantitative estimate of drug-likeness (QED) is 0.456. The lowest BCUT2D eigenvalue weighted by Gasteiger charge is -1.67. The van der Waals surface area contributed by atoms with Gasteiger partial charge in [0, 0.05) is 7.43 Å². The Morgan fingerprint density at radius 2 is 0.769 bits per heavy atom. The van der Waals surface area contributed by atoms with E-state index in [1.165, 1.54) is 0 Å². The SMILES string of the molecule is C.[AlH3].[CH3+].[CH3][AlH][CH3].[CH3][AlH][CH3].[CH3][Al]([CH3])[CH3]. The smallest absolute Gasteiger partial charge is 0.109 e. The second kappa shape index (κ2) is 48.3. The third kappa shape index (κ3) is 504. The van der Waals surface area contributed by atoms with Gasteiger partial charge in [-0.15, -0.1) is 40.5 Å². The highest BCUT2D eigenvalue weighted by Crippen LogP contribution is 1.68. The van der Waals surface area contributed by atoms with Crippen molar-refractivity contribution < 1.29 is 0 Å². The molecule has 0 saturated carbocycles. The predicted molar refractivity (Wildman–Crippen MR) is 84.2 cm³/mol. The van der Waals surface area contributed by atoms with Crippen LogP contribution in [0.25, 0.3) is 0 Å². The molecule has 0 aliphatic heterocycles. The average molecular weight is 249 g/mol. The molecule has 0 atom stereocenters. The van der Waals surface area contributed by atoms with Gasteiger partial charge in [-0.2, -0.15) is 0 Å². The highest BCUT2D eigenvalue weighted by atomic mass is 27.2. The molecule has 13 heavy (non-hydrogen) atoms. The predicted octanol–water partition coefficient (Wildman–Crippen LogP) is 2.31. The third-order valence-corrected chi connectivity index (χ3v) is 0. The van der Waals surface area contributed by atoms with Crippen LogP contribution in [0.4, 0.5) is 0 Å². The van der Waals surface area contributed by atoms with Gasteiger partial charge in [0.15, 0.2) is 17.4 Å². The maximum atomic E-state index is 2.31. The molecule has 0 amide bonds. The standard InChI is InChI=1S/CH4.8CH3.4Al.5H/h1H4;8*1H3;;;;;;;;;/q;;;;;;;;+1;;;;;;;;;. The molecule has 0 aliphatic rings. The van der Waals surface area contributed by atoms with Gasteiger partial charge in [-0.05, 0) is 0 Å². The molecule has 0 radical (unpaired) electrons. The van der Waals surface area contributed by atoms with Crippen molar-refractivity contribution in [3.8, 4) is 0 Å². The van der Waals surface area contributed by atoms with Crippen molar-refractivity contribution in [1.29, 1.82) is 0 Å². The van der Waals surface area contributed by atoms with Crippen molar-refractivity contribution in [1.82, 2.24) is 0 Å². The van der Waals surface area contributed by atoms with Crippen molar-refractivity contribution in [2.24, 2.45) is 0 Å². The molecule has 0 heterocycles. The number of hydrogen-bond acceptors (Lipinski definition) is 0. The summed E-state index contributed by atoms with van der Waals surface area (Å²) < 4.78 is 0. The molecule has 0 bridgehead atoms. The van der Waals surface area contributed by atoms with E-state index in [0.717, 1.165) is 0 Å². The Kier molecular flexibility index (Phi) is 135. The van der Waals surface area contributed by atoms with E-state index >= 15 is 0 Å². The lowest BCUT2D eigenvalue weighted by Crippen LogP contribution is -1.84. The zero-order chi connectivity index (χ0) is 8.99. The zero-order valence-corrected chi connectivity index (χ0v) is 14.0. The molecular weight excluding hydrogens is 216 g/mol. The van der Waals surface area contributed by atoms with Crippen LogP contribution in [0.3, 0.4) is 0 Å². The molecule has 0 rings (SSSR count). The lowest BCUT2D eigenvalue weighted by atomic mass is 11.8. The normalized spacial score (nSPS) is 4.23. The lowest BCUT2D eigenvalue weighted by molar-refractivity contribution is 1.91. The molecule has 0 aromatic rings. The van der Waals surface area contributed by atoms with Gasteiger partial charge < -0.3 is 0 Å². The maximum absolute atomic E-state index is 2.31. The first kappa shape index (κ1) is 36.3. The van der Waals surface area contributed by atoms with Crippen molar-refractivity contribution in [3.63, 3.8) is 0 Å². The summed E-state index contributed by atoms with van der Waals surface area (Å²) in [5, 5.41) is 0. The van der Waals surface area contributed by atoms with Gasteiger partial charge in [0.1, 0.15) is 0 Å². The number of rotatable bonds is 0. The van der Waals surface area contributed by atoms with E-state index in [2.05, 4.69) is 40.5 Å². The Morgan fingerprint density at radius 1 is 0.769 bits per heavy atom.